The molecule has 1 aromatic rings. The van der Waals surface area contributed by atoms with Gasteiger partial charge < -0.3 is 5.32 Å². The van der Waals surface area contributed by atoms with Crippen LogP contribution in [0.4, 0.5) is 0 Å². The Hall–Kier alpha value is -1.02. The van der Waals surface area contributed by atoms with Crippen LogP contribution in [0.1, 0.15) is 28.2 Å². The monoisotopic (exact) mass is 227 g/mol. The number of rotatable bonds is 2. The summed E-state index contributed by atoms with van der Waals surface area (Å²) in [4.78, 5) is 0. The van der Waals surface area contributed by atoms with E-state index in [0.29, 0.717) is 12.0 Å². The molecule has 1 heterocycles. The summed E-state index contributed by atoms with van der Waals surface area (Å²) in [5.41, 5.74) is 7.12. The van der Waals surface area contributed by atoms with Gasteiger partial charge in [0, 0.05) is 6.04 Å². The van der Waals surface area contributed by atoms with E-state index in [9.17, 15) is 0 Å². The first-order chi connectivity index (χ1) is 8.04. The van der Waals surface area contributed by atoms with E-state index in [1.807, 2.05) is 7.05 Å². The number of benzene rings is 1. The van der Waals surface area contributed by atoms with Gasteiger partial charge in [-0.15, -0.1) is 6.58 Å². The summed E-state index contributed by atoms with van der Waals surface area (Å²) < 4.78 is 0. The van der Waals surface area contributed by atoms with Crippen molar-refractivity contribution >= 4 is 7.28 Å². The van der Waals surface area contributed by atoms with Crippen molar-refractivity contribution in [2.75, 3.05) is 7.05 Å². The minimum absolute atomic E-state index is 0.454. The molecule has 0 radical (unpaired) electrons. The second kappa shape index (κ2) is 4.69. The van der Waals surface area contributed by atoms with Crippen LogP contribution in [0.5, 0.6) is 0 Å². The summed E-state index contributed by atoms with van der Waals surface area (Å²) in [6.45, 7) is 10.8. The van der Waals surface area contributed by atoms with Gasteiger partial charge in [0.25, 0.3) is 0 Å². The van der Waals surface area contributed by atoms with Crippen LogP contribution in [0, 0.1) is 20.8 Å². The highest BCUT2D eigenvalue weighted by atomic mass is 14.9. The van der Waals surface area contributed by atoms with Crippen molar-refractivity contribution in [2.45, 2.75) is 39.1 Å². The molecule has 2 unspecified atom stereocenters. The molecular weight excluding hydrogens is 205 g/mol. The average Bonchev–Trinajstić information content (AvgIpc) is 2.58. The van der Waals surface area contributed by atoms with Crippen LogP contribution >= 0.6 is 0 Å². The highest BCUT2D eigenvalue weighted by molar-refractivity contribution is 6.47. The fourth-order valence-electron chi connectivity index (χ4n) is 3.44. The summed E-state index contributed by atoms with van der Waals surface area (Å²) in [7, 11) is 3.20. The van der Waals surface area contributed by atoms with Crippen molar-refractivity contribution in [3.05, 3.63) is 46.4 Å². The fraction of sp³-hybridized carbons (Fsp3) is 0.467. The molecule has 2 rings (SSSR count). The van der Waals surface area contributed by atoms with E-state index in [1.54, 1.807) is 0 Å². The predicted molar refractivity (Wildman–Crippen MR) is 77.3 cm³/mol. The summed E-state index contributed by atoms with van der Waals surface area (Å²) in [5.74, 6) is 0.605. The van der Waals surface area contributed by atoms with E-state index in [-0.39, 0.29) is 0 Å². The van der Waals surface area contributed by atoms with Crippen molar-refractivity contribution in [1.82, 2.24) is 5.32 Å². The zero-order chi connectivity index (χ0) is 12.6. The molecule has 1 N–H and O–H groups in total. The van der Waals surface area contributed by atoms with Gasteiger partial charge in [0.15, 0.2) is 7.28 Å². The molecule has 2 atom stereocenters. The van der Waals surface area contributed by atoms with Gasteiger partial charge in [-0.1, -0.05) is 29.5 Å². The first kappa shape index (κ1) is 12.4. The highest BCUT2D eigenvalue weighted by Crippen LogP contribution is 2.37. The number of hydrogen-bond donors (Lipinski definition) is 1. The molecule has 0 amide bonds. The third-order valence-electron chi connectivity index (χ3n) is 4.04. The molecule has 0 spiro atoms. The van der Waals surface area contributed by atoms with Gasteiger partial charge in [0.05, 0.1) is 0 Å². The Morgan fingerprint density at radius 1 is 1.24 bits per heavy atom. The first-order valence-electron chi connectivity index (χ1n) is 6.47. The molecule has 0 bridgehead atoms. The highest BCUT2D eigenvalue weighted by Gasteiger charge is 2.32. The van der Waals surface area contributed by atoms with Gasteiger partial charge in [-0.2, -0.15) is 0 Å². The lowest BCUT2D eigenvalue weighted by molar-refractivity contribution is 0.578. The molecule has 0 aromatic heterocycles. The van der Waals surface area contributed by atoms with E-state index >= 15 is 0 Å². The van der Waals surface area contributed by atoms with Crippen LogP contribution in [-0.2, 0) is 0 Å². The lowest BCUT2D eigenvalue weighted by Gasteiger charge is -2.25. The van der Waals surface area contributed by atoms with Crippen LogP contribution in [0.2, 0.25) is 6.32 Å². The maximum Gasteiger partial charge on any atom is 0.154 e. The normalized spacial score (nSPS) is 23.9. The quantitative estimate of drug-likeness (QED) is 0.766. The Labute approximate surface area is 106 Å². The molecule has 90 valence electrons. The zero-order valence-electron chi connectivity index (χ0n) is 11.4. The lowest BCUT2D eigenvalue weighted by atomic mass is 9.72. The maximum absolute atomic E-state index is 4.20. The summed E-state index contributed by atoms with van der Waals surface area (Å²) in [6, 6.07) is 5.06. The molecule has 1 saturated heterocycles. The Balaban J connectivity index is 2.44. The van der Waals surface area contributed by atoms with Crippen molar-refractivity contribution in [3.63, 3.8) is 0 Å². The van der Waals surface area contributed by atoms with Gasteiger partial charge in [-0.25, -0.2) is 0 Å². The fourth-order valence-corrected chi connectivity index (χ4v) is 3.44. The van der Waals surface area contributed by atoms with E-state index in [1.165, 1.54) is 34.0 Å². The van der Waals surface area contributed by atoms with Crippen molar-refractivity contribution < 1.29 is 0 Å². The third kappa shape index (κ3) is 2.19. The van der Waals surface area contributed by atoms with Crippen LogP contribution in [-0.4, -0.2) is 20.4 Å². The SMILES string of the molecule is C=C1BCC(c2c(C)cc(C)cc2C)C1NC. The van der Waals surface area contributed by atoms with E-state index < -0.39 is 0 Å². The van der Waals surface area contributed by atoms with Crippen LogP contribution in [0.25, 0.3) is 0 Å². The second-order valence-corrected chi connectivity index (χ2v) is 5.38. The molecule has 1 aliphatic heterocycles. The Morgan fingerprint density at radius 3 is 2.35 bits per heavy atom. The largest absolute Gasteiger partial charge is 0.314 e. The third-order valence-corrected chi connectivity index (χ3v) is 4.04. The molecule has 0 saturated carbocycles. The predicted octanol–water partition coefficient (Wildman–Crippen LogP) is 2.67. The zero-order valence-corrected chi connectivity index (χ0v) is 11.4. The molecule has 17 heavy (non-hydrogen) atoms. The summed E-state index contributed by atoms with van der Waals surface area (Å²) in [5, 5.41) is 3.43. The minimum Gasteiger partial charge on any atom is -0.314 e. The molecular formula is C15H22BN. The molecule has 1 fully saturated rings. The Bertz CT molecular complexity index is 427. The number of aryl methyl sites for hydroxylation is 3. The Kier molecular flexibility index (Phi) is 3.44. The summed E-state index contributed by atoms with van der Waals surface area (Å²) >= 11 is 0. The van der Waals surface area contributed by atoms with Gasteiger partial charge in [0.2, 0.25) is 0 Å². The van der Waals surface area contributed by atoms with Crippen LogP contribution in [0.15, 0.2) is 24.2 Å². The van der Waals surface area contributed by atoms with Gasteiger partial charge in [-0.05, 0) is 50.4 Å². The van der Waals surface area contributed by atoms with Gasteiger partial charge in [-0.3, -0.25) is 0 Å². The van der Waals surface area contributed by atoms with Crippen LogP contribution in [0.3, 0.4) is 0 Å². The molecule has 1 aromatic carbocycles. The lowest BCUT2D eigenvalue weighted by Crippen LogP contribution is -2.29. The van der Waals surface area contributed by atoms with E-state index in [2.05, 4.69) is 44.8 Å². The van der Waals surface area contributed by atoms with Gasteiger partial charge in [0.1, 0.15) is 0 Å². The van der Waals surface area contributed by atoms with Crippen LogP contribution < -0.4 is 5.32 Å². The first-order valence-corrected chi connectivity index (χ1v) is 6.47. The van der Waals surface area contributed by atoms with E-state index in [0.717, 1.165) is 7.28 Å². The molecule has 0 aliphatic carbocycles. The maximum atomic E-state index is 4.20. The summed E-state index contributed by atoms with van der Waals surface area (Å²) in [6.07, 6.45) is 1.23. The molecule has 1 nitrogen and oxygen atoms in total. The number of nitrogens with one attached hydrogen (secondary N) is 1. The minimum atomic E-state index is 0.454. The van der Waals surface area contributed by atoms with E-state index in [4.69, 9.17) is 0 Å². The molecule has 2 heteroatoms. The van der Waals surface area contributed by atoms with Crippen molar-refractivity contribution in [3.8, 4) is 0 Å². The smallest absolute Gasteiger partial charge is 0.154 e. The average molecular weight is 227 g/mol. The topological polar surface area (TPSA) is 12.0 Å². The van der Waals surface area contributed by atoms with Crippen molar-refractivity contribution in [1.29, 1.82) is 0 Å². The van der Waals surface area contributed by atoms with Gasteiger partial charge >= 0.3 is 0 Å². The molecule has 1 aliphatic rings. The second-order valence-electron chi connectivity index (χ2n) is 5.38. The number of hydrogen-bond acceptors (Lipinski definition) is 1. The number of likely N-dealkylation sites (N-methyl/N-ethyl adjacent to an activating group) is 1. The van der Waals surface area contributed by atoms with Crippen molar-refractivity contribution in [2.24, 2.45) is 0 Å². The Morgan fingerprint density at radius 2 is 1.82 bits per heavy atom. The standard InChI is InChI=1S/C15H22BN/c1-9-6-10(2)14(11(3)7-9)13-8-16-12(4)15(13)17-5/h6-7,13,15-17H,4,8H2,1-3,5H3.